The Labute approximate surface area is 531 Å². The quantitative estimate of drug-likeness (QED) is 0.0196. The molecule has 1 fully saturated rings. The van der Waals surface area contributed by atoms with E-state index in [1.165, 1.54) is 57.4 Å². The summed E-state index contributed by atoms with van der Waals surface area (Å²) in [4.78, 5) is 139. The summed E-state index contributed by atoms with van der Waals surface area (Å²) in [6.45, 7) is 7.97. The van der Waals surface area contributed by atoms with Crippen molar-refractivity contribution in [3.05, 3.63) is 96.9 Å². The fourth-order valence-corrected chi connectivity index (χ4v) is 10.7. The zero-order chi connectivity index (χ0) is 65.3. The lowest BCUT2D eigenvalue weighted by atomic mass is 10.0. The maximum absolute atomic E-state index is 14.9. The minimum Gasteiger partial charge on any atom is -0.370 e. The predicted octanol–water partition coefficient (Wildman–Crippen LogP) is 5.80. The standard InChI is InChI=1S/C67H102N14O9/c1-4-7-9-10-11-12-13-14-15-16-17-23-38-59(83)75-52(33-8-5-2)61(85)79-55-39-40-58(82)72-42-28-26-35-51(60(68)84)76-66(90)57(45-48-46-74-50-34-25-24-32-49(48)50)81-63(87)54(37-29-43-73-67(69)70)78-65(89)56(44-47-30-20-18-21-31-47)80-62(86)53(77-64(55)88)36-22-19-27-41-71-6-3/h6,18-21,24-25,27,30-32,34,41,46,51-57,74H,3-5,7-17,22-23,26,28-29,33,35-40,42-45H2,1-2H3,(H2,68,84)(H,72,82)(H,75,83)(H,76,90)(H,77,88)(H,78,89)(H,79,85)(H,80,86)(H,81,87)(H4,69,70,73)/b27-19-,71-41?/t51-,52-,53-,54-,55-,56+,57-/m0/s1. The van der Waals surface area contributed by atoms with E-state index >= 15 is 0 Å². The van der Waals surface area contributed by atoms with Crippen molar-refractivity contribution in [3.8, 4) is 0 Å². The van der Waals surface area contributed by atoms with Crippen molar-refractivity contribution in [2.45, 2.75) is 230 Å². The molecule has 23 nitrogen and oxygen atoms in total. The number of primary amides is 1. The van der Waals surface area contributed by atoms with Gasteiger partial charge in [-0.25, -0.2) is 0 Å². The molecule has 7 atom stereocenters. The molecule has 9 amide bonds. The number of nitrogens with zero attached hydrogens (tertiary/aromatic N) is 2. The summed E-state index contributed by atoms with van der Waals surface area (Å²) in [6.07, 6.45) is 23.8. The van der Waals surface area contributed by atoms with Crippen LogP contribution in [0, 0.1) is 0 Å². The highest BCUT2D eigenvalue weighted by atomic mass is 16.2. The van der Waals surface area contributed by atoms with E-state index in [2.05, 4.69) is 71.0 Å². The van der Waals surface area contributed by atoms with Crippen molar-refractivity contribution in [3.63, 3.8) is 0 Å². The number of para-hydroxylation sites is 1. The van der Waals surface area contributed by atoms with Gasteiger partial charge in [0, 0.05) is 68.3 Å². The van der Waals surface area contributed by atoms with Crippen LogP contribution in [0.1, 0.15) is 185 Å². The Balaban J connectivity index is 1.69. The van der Waals surface area contributed by atoms with Crippen molar-refractivity contribution in [1.29, 1.82) is 0 Å². The van der Waals surface area contributed by atoms with Crippen LogP contribution in [-0.2, 0) is 56.0 Å². The molecule has 2 aromatic carbocycles. The lowest BCUT2D eigenvalue weighted by Gasteiger charge is -2.28. The normalized spacial score (nSPS) is 19.9. The first-order valence-corrected chi connectivity index (χ1v) is 32.6. The van der Waals surface area contributed by atoms with Crippen LogP contribution in [0.2, 0.25) is 0 Å². The molecule has 0 spiro atoms. The Morgan fingerprint density at radius 2 is 1.27 bits per heavy atom. The zero-order valence-corrected chi connectivity index (χ0v) is 53.1. The van der Waals surface area contributed by atoms with E-state index in [4.69, 9.17) is 17.2 Å². The van der Waals surface area contributed by atoms with E-state index in [0.29, 0.717) is 43.2 Å². The monoisotopic (exact) mass is 1250 g/mol. The van der Waals surface area contributed by atoms with Gasteiger partial charge in [-0.3, -0.25) is 53.1 Å². The molecule has 0 radical (unpaired) electrons. The van der Waals surface area contributed by atoms with Gasteiger partial charge in [0.2, 0.25) is 53.2 Å². The number of unbranched alkanes of at least 4 members (excludes halogenated alkanes) is 12. The maximum Gasteiger partial charge on any atom is 0.243 e. The van der Waals surface area contributed by atoms with Gasteiger partial charge >= 0.3 is 0 Å². The largest absolute Gasteiger partial charge is 0.370 e. The first-order chi connectivity index (χ1) is 43.5. The van der Waals surface area contributed by atoms with E-state index in [9.17, 15) is 43.2 Å². The van der Waals surface area contributed by atoms with Gasteiger partial charge in [0.1, 0.15) is 42.3 Å². The molecule has 0 bridgehead atoms. The average molecular weight is 1250 g/mol. The Hall–Kier alpha value is -8.37. The minimum absolute atomic E-state index is 0.0164. The highest BCUT2D eigenvalue weighted by Crippen LogP contribution is 2.21. The topological polar surface area (TPSA) is 368 Å². The lowest BCUT2D eigenvalue weighted by Crippen LogP contribution is -2.60. The van der Waals surface area contributed by atoms with Crippen LogP contribution >= 0.6 is 0 Å². The second-order valence-electron chi connectivity index (χ2n) is 23.2. The second-order valence-corrected chi connectivity index (χ2v) is 23.2. The van der Waals surface area contributed by atoms with Gasteiger partial charge in [0.25, 0.3) is 0 Å². The highest BCUT2D eigenvalue weighted by Gasteiger charge is 2.35. The van der Waals surface area contributed by atoms with Crippen molar-refractivity contribution in [1.82, 2.24) is 47.5 Å². The third-order valence-electron chi connectivity index (χ3n) is 15.8. The van der Waals surface area contributed by atoms with E-state index in [0.717, 1.165) is 36.6 Å². The second kappa shape index (κ2) is 43.3. The average Bonchev–Trinajstić information content (AvgIpc) is 2.68. The Morgan fingerprint density at radius 1 is 0.667 bits per heavy atom. The fourth-order valence-electron chi connectivity index (χ4n) is 10.7. The molecule has 15 N–H and O–H groups in total. The molecule has 3 aromatic rings. The maximum atomic E-state index is 14.9. The number of rotatable bonds is 33. The van der Waals surface area contributed by atoms with E-state index in [1.807, 2.05) is 31.2 Å². The Bertz CT molecular complexity index is 2820. The number of allylic oxidation sites excluding steroid dienone is 2. The number of carbonyl (C=O) groups is 9. The van der Waals surface area contributed by atoms with Crippen molar-refractivity contribution in [2.75, 3.05) is 13.1 Å². The molecular formula is C67H102N14O9. The zero-order valence-electron chi connectivity index (χ0n) is 53.1. The molecule has 1 aliphatic heterocycles. The number of benzene rings is 2. The molecule has 1 aliphatic rings. The number of carbonyl (C=O) groups excluding carboxylic acids is 9. The number of aromatic amines is 1. The highest BCUT2D eigenvalue weighted by molar-refractivity contribution is 5.98. The van der Waals surface area contributed by atoms with Gasteiger partial charge in [0.15, 0.2) is 5.96 Å². The lowest BCUT2D eigenvalue weighted by molar-refractivity contribution is -0.136. The van der Waals surface area contributed by atoms with E-state index in [-0.39, 0.29) is 95.6 Å². The Kier molecular flexibility index (Phi) is 35.7. The van der Waals surface area contributed by atoms with Gasteiger partial charge in [-0.05, 0) is 87.5 Å². The number of nitrogens with one attached hydrogen (secondary N) is 9. The number of aliphatic imine (C=N–C) groups is 2. The van der Waals surface area contributed by atoms with E-state index in [1.54, 1.807) is 48.7 Å². The van der Waals surface area contributed by atoms with Crippen molar-refractivity contribution >= 4 is 76.2 Å². The molecule has 494 valence electrons. The van der Waals surface area contributed by atoms with Gasteiger partial charge < -0.3 is 64.7 Å². The summed E-state index contributed by atoms with van der Waals surface area (Å²) in [6, 6.07) is 7.23. The molecule has 1 aromatic heterocycles. The molecule has 4 rings (SSSR count). The molecule has 23 heteroatoms. The summed E-state index contributed by atoms with van der Waals surface area (Å²) in [5.74, 6) is -6.31. The number of hydrogen-bond donors (Lipinski definition) is 12. The summed E-state index contributed by atoms with van der Waals surface area (Å²) in [5.41, 5.74) is 19.2. The van der Waals surface area contributed by atoms with E-state index < -0.39 is 89.6 Å². The smallest absolute Gasteiger partial charge is 0.243 e. The van der Waals surface area contributed by atoms with Gasteiger partial charge in [-0.1, -0.05) is 159 Å². The minimum atomic E-state index is -1.39. The molecule has 1 saturated heterocycles. The summed E-state index contributed by atoms with van der Waals surface area (Å²) < 4.78 is 0. The molecule has 0 aliphatic carbocycles. The summed E-state index contributed by atoms with van der Waals surface area (Å²) in [5, 5.41) is 23.3. The van der Waals surface area contributed by atoms with Gasteiger partial charge in [-0.2, -0.15) is 0 Å². The van der Waals surface area contributed by atoms with Crippen LogP contribution < -0.4 is 59.7 Å². The van der Waals surface area contributed by atoms with Crippen LogP contribution in [0.5, 0.6) is 0 Å². The van der Waals surface area contributed by atoms with Crippen LogP contribution in [-0.4, -0.2) is 126 Å². The Morgan fingerprint density at radius 3 is 1.93 bits per heavy atom. The first kappa shape index (κ1) is 74.1. The fraction of sp³-hybridized carbons (Fsp3) is 0.567. The first-order valence-electron chi connectivity index (χ1n) is 32.6. The molecule has 2 heterocycles. The van der Waals surface area contributed by atoms with Crippen LogP contribution in [0.3, 0.4) is 0 Å². The summed E-state index contributed by atoms with van der Waals surface area (Å²) >= 11 is 0. The number of H-pyrrole nitrogens is 1. The third-order valence-corrected chi connectivity index (χ3v) is 15.8. The number of hydrogen-bond acceptors (Lipinski definition) is 11. The number of aromatic nitrogens is 1. The number of fused-ring (bicyclic) bond motifs is 1. The summed E-state index contributed by atoms with van der Waals surface area (Å²) in [7, 11) is 0. The number of amides is 9. The third kappa shape index (κ3) is 29.3. The number of nitrogens with two attached hydrogens (primary N) is 3. The molecule has 0 saturated carbocycles. The number of guanidine groups is 1. The molecule has 90 heavy (non-hydrogen) atoms. The van der Waals surface area contributed by atoms with Crippen LogP contribution in [0.4, 0.5) is 0 Å². The molecular weight excluding hydrogens is 1140 g/mol. The molecule has 0 unspecified atom stereocenters. The van der Waals surface area contributed by atoms with Crippen molar-refractivity contribution < 1.29 is 43.2 Å². The van der Waals surface area contributed by atoms with Gasteiger partial charge in [-0.15, -0.1) is 0 Å². The predicted molar refractivity (Wildman–Crippen MR) is 353 cm³/mol. The van der Waals surface area contributed by atoms with Gasteiger partial charge in [0.05, 0.1) is 0 Å². The SMILES string of the molecule is C=CN=C/C=C\CC[C@@H]1NC(=O)[C@@H](NC(=O)[C@H](CCCC)NC(=O)CCCCCCCCCCCCCC)CCC(=O)NCCCC[C@@H](C(N)=O)NC(=O)[C@H](Cc2c[nH]c3ccccc23)NC(=O)[C@H](CCCN=C(N)N)NC(=O)[C@@H](Cc2ccccc2)NC1=O. The van der Waals surface area contributed by atoms with Crippen LogP contribution in [0.25, 0.3) is 10.9 Å². The van der Waals surface area contributed by atoms with Crippen molar-refractivity contribution in [2.24, 2.45) is 27.2 Å². The van der Waals surface area contributed by atoms with Crippen LogP contribution in [0.15, 0.2) is 95.7 Å².